The fourth-order valence-electron chi connectivity index (χ4n) is 2.54. The lowest BCUT2D eigenvalue weighted by Crippen LogP contribution is -2.34. The molecule has 2 aromatic heterocycles. The zero-order chi connectivity index (χ0) is 13.9. The zero-order valence-corrected chi connectivity index (χ0v) is 11.9. The molecule has 0 spiro atoms. The van der Waals surface area contributed by atoms with Crippen LogP contribution in [0.3, 0.4) is 0 Å². The Morgan fingerprint density at radius 1 is 1.50 bits per heavy atom. The van der Waals surface area contributed by atoms with Gasteiger partial charge in [0.15, 0.2) is 10.9 Å². The molecule has 2 aromatic rings. The molecule has 6 heteroatoms. The highest BCUT2D eigenvalue weighted by molar-refractivity contribution is 7.14. The first-order valence-electron chi connectivity index (χ1n) is 6.78. The van der Waals surface area contributed by atoms with Crippen LogP contribution in [0.15, 0.2) is 28.2 Å². The van der Waals surface area contributed by atoms with Crippen LogP contribution in [0.2, 0.25) is 0 Å². The average molecular weight is 291 g/mol. The fourth-order valence-corrected chi connectivity index (χ4v) is 3.24. The van der Waals surface area contributed by atoms with Gasteiger partial charge in [-0.1, -0.05) is 6.42 Å². The average Bonchev–Trinajstić information content (AvgIpc) is 3.08. The summed E-state index contributed by atoms with van der Waals surface area (Å²) >= 11 is 1.41. The van der Waals surface area contributed by atoms with Crippen LogP contribution in [0.4, 0.5) is 5.13 Å². The molecular weight excluding hydrogens is 274 g/mol. The van der Waals surface area contributed by atoms with Gasteiger partial charge in [-0.25, -0.2) is 4.98 Å². The second kappa shape index (κ2) is 5.76. The number of thiazole rings is 1. The Labute approximate surface area is 121 Å². The summed E-state index contributed by atoms with van der Waals surface area (Å²) in [5, 5.41) is 5.37. The number of carbonyl (C=O) groups is 1. The van der Waals surface area contributed by atoms with Crippen molar-refractivity contribution in [2.45, 2.75) is 31.7 Å². The number of nitrogens with zero attached hydrogens (tertiary/aromatic N) is 1. The standard InChI is InChI=1S/C14H17N3O2S/c15-10-4-1-3-9(7-10)13(18)17-14-16-11(8-20-14)12-5-2-6-19-12/h2,5-6,8-10H,1,3-4,7,15H2,(H,16,17,18). The monoisotopic (exact) mass is 291 g/mol. The van der Waals surface area contributed by atoms with Crippen LogP contribution in [0.25, 0.3) is 11.5 Å². The van der Waals surface area contributed by atoms with Crippen molar-refractivity contribution in [3.63, 3.8) is 0 Å². The number of hydrogen-bond acceptors (Lipinski definition) is 5. The van der Waals surface area contributed by atoms with Crippen molar-refractivity contribution in [1.82, 2.24) is 4.98 Å². The number of nitrogens with two attached hydrogens (primary N) is 1. The highest BCUT2D eigenvalue weighted by Crippen LogP contribution is 2.28. The summed E-state index contributed by atoms with van der Waals surface area (Å²) in [6.07, 6.45) is 5.33. The Hall–Kier alpha value is -1.66. The maximum Gasteiger partial charge on any atom is 0.229 e. The molecule has 3 N–H and O–H groups in total. The lowest BCUT2D eigenvalue weighted by molar-refractivity contribution is -0.120. The molecule has 2 unspecified atom stereocenters. The van der Waals surface area contributed by atoms with Crippen molar-refractivity contribution in [2.24, 2.45) is 11.7 Å². The summed E-state index contributed by atoms with van der Waals surface area (Å²) in [6, 6.07) is 3.81. The Morgan fingerprint density at radius 2 is 2.40 bits per heavy atom. The molecule has 0 aliphatic heterocycles. The molecule has 0 radical (unpaired) electrons. The number of rotatable bonds is 3. The molecule has 2 heterocycles. The number of amides is 1. The highest BCUT2D eigenvalue weighted by atomic mass is 32.1. The molecule has 1 saturated carbocycles. The molecule has 0 bridgehead atoms. The summed E-state index contributed by atoms with van der Waals surface area (Å²) in [7, 11) is 0. The normalized spacial score (nSPS) is 22.6. The molecule has 2 atom stereocenters. The van der Waals surface area contributed by atoms with Gasteiger partial charge in [0.05, 0.1) is 6.26 Å². The van der Waals surface area contributed by atoms with E-state index in [9.17, 15) is 4.79 Å². The van der Waals surface area contributed by atoms with Crippen LogP contribution in [0, 0.1) is 5.92 Å². The number of nitrogens with one attached hydrogen (secondary N) is 1. The van der Waals surface area contributed by atoms with Gasteiger partial charge in [-0.05, 0) is 31.4 Å². The van der Waals surface area contributed by atoms with Gasteiger partial charge in [-0.15, -0.1) is 11.3 Å². The number of carbonyl (C=O) groups excluding carboxylic acids is 1. The lowest BCUT2D eigenvalue weighted by atomic mass is 9.86. The predicted octanol–water partition coefficient (Wildman–Crippen LogP) is 2.86. The van der Waals surface area contributed by atoms with Gasteiger partial charge >= 0.3 is 0 Å². The van der Waals surface area contributed by atoms with Crippen molar-refractivity contribution in [1.29, 1.82) is 0 Å². The number of aromatic nitrogens is 1. The molecular formula is C14H17N3O2S. The molecule has 1 amide bonds. The quantitative estimate of drug-likeness (QED) is 0.911. The van der Waals surface area contributed by atoms with E-state index in [-0.39, 0.29) is 17.9 Å². The Kier molecular flexibility index (Phi) is 3.84. The molecule has 1 aliphatic carbocycles. The van der Waals surface area contributed by atoms with Gasteiger partial charge in [0.2, 0.25) is 5.91 Å². The molecule has 5 nitrogen and oxygen atoms in total. The third-order valence-electron chi connectivity index (χ3n) is 3.59. The summed E-state index contributed by atoms with van der Waals surface area (Å²) in [4.78, 5) is 16.6. The van der Waals surface area contributed by atoms with Crippen LogP contribution in [0.1, 0.15) is 25.7 Å². The smallest absolute Gasteiger partial charge is 0.229 e. The van der Waals surface area contributed by atoms with Crippen LogP contribution in [0.5, 0.6) is 0 Å². The molecule has 0 aromatic carbocycles. The van der Waals surface area contributed by atoms with E-state index < -0.39 is 0 Å². The third-order valence-corrected chi connectivity index (χ3v) is 4.35. The fraction of sp³-hybridized carbons (Fsp3) is 0.429. The van der Waals surface area contributed by atoms with Gasteiger partial charge in [-0.3, -0.25) is 4.79 Å². The van der Waals surface area contributed by atoms with Crippen molar-refractivity contribution < 1.29 is 9.21 Å². The van der Waals surface area contributed by atoms with Crippen LogP contribution < -0.4 is 11.1 Å². The number of anilines is 1. The minimum atomic E-state index is 0.00899. The second-order valence-corrected chi connectivity index (χ2v) is 5.99. The third kappa shape index (κ3) is 2.91. The summed E-state index contributed by atoms with van der Waals surface area (Å²) in [5.41, 5.74) is 6.67. The van der Waals surface area contributed by atoms with Crippen LogP contribution >= 0.6 is 11.3 Å². The molecule has 3 rings (SSSR count). The summed E-state index contributed by atoms with van der Waals surface area (Å²) in [5.74, 6) is 0.747. The van der Waals surface area contributed by atoms with Gasteiger partial charge in [-0.2, -0.15) is 0 Å². The predicted molar refractivity (Wildman–Crippen MR) is 78.4 cm³/mol. The van der Waals surface area contributed by atoms with E-state index in [0.717, 1.165) is 31.4 Å². The maximum absolute atomic E-state index is 12.2. The minimum Gasteiger partial charge on any atom is -0.463 e. The first-order valence-corrected chi connectivity index (χ1v) is 7.66. The molecule has 1 aliphatic rings. The Balaban J connectivity index is 1.64. The van der Waals surface area contributed by atoms with Gasteiger partial charge < -0.3 is 15.5 Å². The second-order valence-electron chi connectivity index (χ2n) is 5.13. The van der Waals surface area contributed by atoms with Crippen molar-refractivity contribution in [3.05, 3.63) is 23.8 Å². The number of hydrogen-bond donors (Lipinski definition) is 2. The molecule has 1 fully saturated rings. The van der Waals surface area contributed by atoms with E-state index in [1.165, 1.54) is 11.3 Å². The van der Waals surface area contributed by atoms with E-state index in [2.05, 4.69) is 10.3 Å². The number of furan rings is 1. The molecule has 0 saturated heterocycles. The van der Waals surface area contributed by atoms with Crippen molar-refractivity contribution in [2.75, 3.05) is 5.32 Å². The molecule has 20 heavy (non-hydrogen) atoms. The minimum absolute atomic E-state index is 0.00899. The first-order chi connectivity index (χ1) is 9.72. The van der Waals surface area contributed by atoms with E-state index >= 15 is 0 Å². The summed E-state index contributed by atoms with van der Waals surface area (Å²) in [6.45, 7) is 0. The van der Waals surface area contributed by atoms with Gasteiger partial charge in [0.25, 0.3) is 0 Å². The zero-order valence-electron chi connectivity index (χ0n) is 11.0. The van der Waals surface area contributed by atoms with E-state index in [1.54, 1.807) is 6.26 Å². The molecule has 106 valence electrons. The van der Waals surface area contributed by atoms with Crippen LogP contribution in [-0.2, 0) is 4.79 Å². The van der Waals surface area contributed by atoms with Crippen LogP contribution in [-0.4, -0.2) is 16.9 Å². The first kappa shape index (κ1) is 13.3. The van der Waals surface area contributed by atoms with E-state index in [4.69, 9.17) is 10.2 Å². The maximum atomic E-state index is 12.2. The SMILES string of the molecule is NC1CCCC(C(=O)Nc2nc(-c3ccco3)cs2)C1. The Morgan fingerprint density at radius 3 is 3.15 bits per heavy atom. The lowest BCUT2D eigenvalue weighted by Gasteiger charge is -2.25. The topological polar surface area (TPSA) is 81.2 Å². The van der Waals surface area contributed by atoms with E-state index in [1.807, 2.05) is 17.5 Å². The highest BCUT2D eigenvalue weighted by Gasteiger charge is 2.25. The van der Waals surface area contributed by atoms with Gasteiger partial charge in [0, 0.05) is 17.3 Å². The van der Waals surface area contributed by atoms with Crippen molar-refractivity contribution >= 4 is 22.4 Å². The van der Waals surface area contributed by atoms with E-state index in [0.29, 0.717) is 10.9 Å². The van der Waals surface area contributed by atoms with Crippen molar-refractivity contribution in [3.8, 4) is 11.5 Å². The van der Waals surface area contributed by atoms with Gasteiger partial charge in [0.1, 0.15) is 5.69 Å². The summed E-state index contributed by atoms with van der Waals surface area (Å²) < 4.78 is 5.28. The largest absolute Gasteiger partial charge is 0.463 e. The Bertz CT molecular complexity index is 579.